The molecule has 2 rings (SSSR count). The molecule has 2 aromatic rings. The highest BCUT2D eigenvalue weighted by Gasteiger charge is 2.10. The third kappa shape index (κ3) is 3.90. The van der Waals surface area contributed by atoms with Crippen molar-refractivity contribution in [2.45, 2.75) is 0 Å². The van der Waals surface area contributed by atoms with Crippen molar-refractivity contribution >= 4 is 17.5 Å². The van der Waals surface area contributed by atoms with Gasteiger partial charge in [-0.3, -0.25) is 4.79 Å². The molecular formula is C15H14ClNO3. The molecule has 4 nitrogen and oxygen atoms in total. The fourth-order valence-corrected chi connectivity index (χ4v) is 1.84. The number of rotatable bonds is 5. The number of nitrogens with one attached hydrogen (secondary N) is 1. The van der Waals surface area contributed by atoms with Gasteiger partial charge in [0.05, 0.1) is 17.1 Å². The molecule has 0 radical (unpaired) electrons. The van der Waals surface area contributed by atoms with Crippen LogP contribution in [0.1, 0.15) is 10.4 Å². The Morgan fingerprint density at radius 3 is 2.70 bits per heavy atom. The zero-order valence-electron chi connectivity index (χ0n) is 10.7. The maximum Gasteiger partial charge on any atom is 0.253 e. The third-order valence-corrected chi connectivity index (χ3v) is 2.92. The molecular weight excluding hydrogens is 278 g/mol. The van der Waals surface area contributed by atoms with E-state index in [0.29, 0.717) is 18.2 Å². The van der Waals surface area contributed by atoms with Gasteiger partial charge in [-0.1, -0.05) is 29.8 Å². The van der Waals surface area contributed by atoms with E-state index in [1.165, 1.54) is 18.2 Å². The molecule has 0 bridgehead atoms. The second-order valence-corrected chi connectivity index (χ2v) is 4.49. The quantitative estimate of drug-likeness (QED) is 0.833. The van der Waals surface area contributed by atoms with Crippen LogP contribution in [0, 0.1) is 0 Å². The van der Waals surface area contributed by atoms with Crippen molar-refractivity contribution in [1.82, 2.24) is 5.32 Å². The summed E-state index contributed by atoms with van der Waals surface area (Å²) in [6.07, 6.45) is 0. The molecule has 0 aliphatic carbocycles. The van der Waals surface area contributed by atoms with Crippen LogP contribution in [0.3, 0.4) is 0 Å². The Labute approximate surface area is 122 Å². The van der Waals surface area contributed by atoms with Crippen LogP contribution in [0.25, 0.3) is 0 Å². The lowest BCUT2D eigenvalue weighted by Gasteiger charge is -2.08. The molecule has 0 spiro atoms. The van der Waals surface area contributed by atoms with Gasteiger partial charge in [-0.05, 0) is 30.3 Å². The number of benzene rings is 2. The normalized spacial score (nSPS) is 10.1. The van der Waals surface area contributed by atoms with Crippen molar-refractivity contribution in [2.24, 2.45) is 0 Å². The first-order valence-corrected chi connectivity index (χ1v) is 6.49. The van der Waals surface area contributed by atoms with Gasteiger partial charge in [0, 0.05) is 0 Å². The largest absolute Gasteiger partial charge is 0.508 e. The van der Waals surface area contributed by atoms with E-state index < -0.39 is 0 Å². The van der Waals surface area contributed by atoms with Crippen LogP contribution in [0.4, 0.5) is 0 Å². The van der Waals surface area contributed by atoms with Crippen molar-refractivity contribution in [1.29, 1.82) is 0 Å². The number of halogens is 1. The predicted molar refractivity (Wildman–Crippen MR) is 77.4 cm³/mol. The molecule has 20 heavy (non-hydrogen) atoms. The number of carbonyl (C=O) groups excluding carboxylic acids is 1. The Balaban J connectivity index is 1.82. The summed E-state index contributed by atoms with van der Waals surface area (Å²) < 4.78 is 5.45. The molecule has 0 aromatic heterocycles. The van der Waals surface area contributed by atoms with Gasteiger partial charge >= 0.3 is 0 Å². The second kappa shape index (κ2) is 6.82. The topological polar surface area (TPSA) is 58.6 Å². The van der Waals surface area contributed by atoms with Crippen LogP contribution in [-0.2, 0) is 0 Å². The van der Waals surface area contributed by atoms with Gasteiger partial charge in [-0.25, -0.2) is 0 Å². The highest BCUT2D eigenvalue weighted by molar-refractivity contribution is 6.33. The summed E-state index contributed by atoms with van der Waals surface area (Å²) in [5.41, 5.74) is 0.242. The Morgan fingerprint density at radius 2 is 1.95 bits per heavy atom. The van der Waals surface area contributed by atoms with Crippen LogP contribution in [0.15, 0.2) is 48.5 Å². The maximum atomic E-state index is 11.9. The molecule has 0 atom stereocenters. The first-order valence-electron chi connectivity index (χ1n) is 6.11. The lowest BCUT2D eigenvalue weighted by atomic mass is 10.2. The van der Waals surface area contributed by atoms with E-state index in [4.69, 9.17) is 16.3 Å². The van der Waals surface area contributed by atoms with Crippen LogP contribution < -0.4 is 10.1 Å². The Hall–Kier alpha value is -2.20. The number of hydrogen-bond donors (Lipinski definition) is 2. The minimum absolute atomic E-state index is 0.0000792. The smallest absolute Gasteiger partial charge is 0.253 e. The summed E-state index contributed by atoms with van der Waals surface area (Å²) in [5, 5.41) is 12.3. The van der Waals surface area contributed by atoms with Gasteiger partial charge in [-0.15, -0.1) is 0 Å². The molecule has 2 N–H and O–H groups in total. The Bertz CT molecular complexity index is 587. The second-order valence-electron chi connectivity index (χ2n) is 4.08. The molecule has 0 aliphatic heterocycles. The standard InChI is InChI=1S/C15H14ClNO3/c16-14-7-6-11(18)10-13(14)15(19)17-8-9-20-12-4-2-1-3-5-12/h1-7,10,18H,8-9H2,(H,17,19). The van der Waals surface area contributed by atoms with Crippen LogP contribution in [-0.4, -0.2) is 24.2 Å². The number of phenolic OH excluding ortho intramolecular Hbond substituents is 1. The van der Waals surface area contributed by atoms with Crippen molar-refractivity contribution in [3.8, 4) is 11.5 Å². The number of hydrogen-bond acceptors (Lipinski definition) is 3. The van der Waals surface area contributed by atoms with E-state index in [0.717, 1.165) is 5.75 Å². The Morgan fingerprint density at radius 1 is 1.20 bits per heavy atom. The highest BCUT2D eigenvalue weighted by atomic mass is 35.5. The van der Waals surface area contributed by atoms with Gasteiger partial charge < -0.3 is 15.2 Å². The molecule has 2 aromatic carbocycles. The number of carbonyl (C=O) groups is 1. The van der Waals surface area contributed by atoms with Crippen LogP contribution in [0.2, 0.25) is 5.02 Å². The molecule has 0 fully saturated rings. The minimum Gasteiger partial charge on any atom is -0.508 e. The summed E-state index contributed by atoms with van der Waals surface area (Å²) in [7, 11) is 0. The van der Waals surface area contributed by atoms with E-state index in [-0.39, 0.29) is 17.2 Å². The zero-order valence-corrected chi connectivity index (χ0v) is 11.4. The molecule has 104 valence electrons. The monoisotopic (exact) mass is 291 g/mol. The van der Waals surface area contributed by atoms with E-state index >= 15 is 0 Å². The van der Waals surface area contributed by atoms with E-state index in [9.17, 15) is 9.90 Å². The number of amides is 1. The Kier molecular flexibility index (Phi) is 4.85. The van der Waals surface area contributed by atoms with Crippen LogP contribution in [0.5, 0.6) is 11.5 Å². The van der Waals surface area contributed by atoms with E-state index in [1.807, 2.05) is 30.3 Å². The summed E-state index contributed by atoms with van der Waals surface area (Å²) >= 11 is 5.90. The van der Waals surface area contributed by atoms with Gasteiger partial charge in [0.1, 0.15) is 18.1 Å². The molecule has 0 saturated heterocycles. The average Bonchev–Trinajstić information content (AvgIpc) is 2.47. The predicted octanol–water partition coefficient (Wildman–Crippen LogP) is 2.85. The molecule has 0 saturated carbocycles. The molecule has 0 heterocycles. The van der Waals surface area contributed by atoms with Crippen molar-refractivity contribution in [3.05, 3.63) is 59.1 Å². The molecule has 0 unspecified atom stereocenters. The minimum atomic E-state index is -0.345. The summed E-state index contributed by atoms with van der Waals surface area (Å²) in [6.45, 7) is 0.700. The van der Waals surface area contributed by atoms with Gasteiger partial charge in [-0.2, -0.15) is 0 Å². The fraction of sp³-hybridized carbons (Fsp3) is 0.133. The molecule has 0 aliphatic rings. The van der Waals surface area contributed by atoms with Crippen molar-refractivity contribution in [2.75, 3.05) is 13.2 Å². The zero-order chi connectivity index (χ0) is 14.4. The molecule has 1 amide bonds. The maximum absolute atomic E-state index is 11.9. The summed E-state index contributed by atoms with van der Waals surface area (Å²) in [4.78, 5) is 11.9. The lowest BCUT2D eigenvalue weighted by Crippen LogP contribution is -2.28. The molecule has 5 heteroatoms. The summed E-state index contributed by atoms with van der Waals surface area (Å²) in [5.74, 6) is 0.403. The van der Waals surface area contributed by atoms with Crippen molar-refractivity contribution in [3.63, 3.8) is 0 Å². The lowest BCUT2D eigenvalue weighted by molar-refractivity contribution is 0.0946. The van der Waals surface area contributed by atoms with Gasteiger partial charge in [0.25, 0.3) is 5.91 Å². The summed E-state index contributed by atoms with van der Waals surface area (Å²) in [6, 6.07) is 13.6. The van der Waals surface area contributed by atoms with Gasteiger partial charge in [0.15, 0.2) is 0 Å². The highest BCUT2D eigenvalue weighted by Crippen LogP contribution is 2.20. The van der Waals surface area contributed by atoms with E-state index in [1.54, 1.807) is 0 Å². The van der Waals surface area contributed by atoms with Crippen molar-refractivity contribution < 1.29 is 14.6 Å². The fourth-order valence-electron chi connectivity index (χ4n) is 1.63. The SMILES string of the molecule is O=C(NCCOc1ccccc1)c1cc(O)ccc1Cl. The first-order chi connectivity index (χ1) is 9.66. The van der Waals surface area contributed by atoms with Crippen LogP contribution >= 0.6 is 11.6 Å². The average molecular weight is 292 g/mol. The third-order valence-electron chi connectivity index (χ3n) is 2.59. The van der Waals surface area contributed by atoms with Gasteiger partial charge in [0.2, 0.25) is 0 Å². The number of ether oxygens (including phenoxy) is 1. The number of aromatic hydroxyl groups is 1. The number of para-hydroxylation sites is 1. The number of phenols is 1. The van der Waals surface area contributed by atoms with E-state index in [2.05, 4.69) is 5.32 Å². The first kappa shape index (κ1) is 14.2.